The number of hydrogen-bond donors (Lipinski definition) is 0. The Balaban J connectivity index is 1.43. The van der Waals surface area contributed by atoms with Crippen LogP contribution in [-0.4, -0.2) is 59.6 Å². The van der Waals surface area contributed by atoms with E-state index in [1.165, 1.54) is 5.56 Å². The van der Waals surface area contributed by atoms with Gasteiger partial charge in [-0.05, 0) is 31.4 Å². The average Bonchev–Trinajstić information content (AvgIpc) is 3.17. The SMILES string of the molecule is Cc1c(C(=O)CC2=CC=CC=CC2)c(N2CCS(=O)(=O)CC2)nc2c(C3C=Nc4ccccc4C3)cnn12. The van der Waals surface area contributed by atoms with Crippen molar-refractivity contribution >= 4 is 39.0 Å². The highest BCUT2D eigenvalue weighted by atomic mass is 32.2. The first-order chi connectivity index (χ1) is 18.4. The predicted octanol–water partition coefficient (Wildman–Crippen LogP) is 4.33. The molecule has 1 aliphatic carbocycles. The highest BCUT2D eigenvalue weighted by molar-refractivity contribution is 7.91. The molecule has 1 unspecified atom stereocenters. The van der Waals surface area contributed by atoms with Crippen molar-refractivity contribution in [2.75, 3.05) is 29.5 Å². The average molecular weight is 528 g/mol. The molecule has 194 valence electrons. The van der Waals surface area contributed by atoms with Crippen LogP contribution in [0.5, 0.6) is 0 Å². The minimum absolute atomic E-state index is 0.000143. The molecule has 0 saturated carbocycles. The van der Waals surface area contributed by atoms with Crippen molar-refractivity contribution in [3.8, 4) is 0 Å². The summed E-state index contributed by atoms with van der Waals surface area (Å²) in [5.74, 6) is 0.599. The van der Waals surface area contributed by atoms with Gasteiger partial charge in [0.1, 0.15) is 5.82 Å². The van der Waals surface area contributed by atoms with E-state index < -0.39 is 9.84 Å². The Morgan fingerprint density at radius 2 is 1.92 bits per heavy atom. The van der Waals surface area contributed by atoms with Gasteiger partial charge in [0.15, 0.2) is 21.3 Å². The number of para-hydroxylation sites is 1. The van der Waals surface area contributed by atoms with Gasteiger partial charge in [0, 0.05) is 37.2 Å². The van der Waals surface area contributed by atoms with Crippen molar-refractivity contribution in [3.05, 3.63) is 88.8 Å². The number of rotatable bonds is 5. The first-order valence-electron chi connectivity index (χ1n) is 12.9. The molecule has 1 aromatic carbocycles. The van der Waals surface area contributed by atoms with Crippen molar-refractivity contribution < 1.29 is 13.2 Å². The van der Waals surface area contributed by atoms with Crippen LogP contribution in [0.25, 0.3) is 5.65 Å². The zero-order valence-electron chi connectivity index (χ0n) is 21.2. The van der Waals surface area contributed by atoms with E-state index in [1.807, 2.05) is 72.8 Å². The number of ketones is 1. The van der Waals surface area contributed by atoms with Gasteiger partial charge in [-0.1, -0.05) is 54.2 Å². The monoisotopic (exact) mass is 527 g/mol. The summed E-state index contributed by atoms with van der Waals surface area (Å²) in [6, 6.07) is 8.10. The Bertz CT molecular complexity index is 1650. The van der Waals surface area contributed by atoms with E-state index in [0.29, 0.717) is 42.2 Å². The largest absolute Gasteiger partial charge is 0.354 e. The Labute approximate surface area is 222 Å². The second-order valence-electron chi connectivity index (χ2n) is 10.0. The maximum Gasteiger partial charge on any atom is 0.172 e. The number of allylic oxidation sites excluding steroid dienone is 6. The lowest BCUT2D eigenvalue weighted by Gasteiger charge is -2.30. The summed E-state index contributed by atoms with van der Waals surface area (Å²) >= 11 is 0. The summed E-state index contributed by atoms with van der Waals surface area (Å²) in [6.07, 6.45) is 15.4. The van der Waals surface area contributed by atoms with Crippen LogP contribution in [-0.2, 0) is 16.3 Å². The number of sulfone groups is 1. The molecule has 8 nitrogen and oxygen atoms in total. The molecule has 0 amide bonds. The number of fused-ring (bicyclic) bond motifs is 2. The molecule has 0 radical (unpaired) electrons. The molecular formula is C29H29N5O3S. The molecule has 3 aromatic rings. The standard InChI is InChI=1S/C29H29N5O3S/c1-20-27(26(35)16-21-8-4-2-3-5-9-21)29(33-12-14-38(36,37)15-13-33)32-28-24(19-31-34(20)28)23-17-22-10-6-7-11-25(22)30-18-23/h2-8,10-11,18-19,23H,9,12-17H2,1H3. The number of benzene rings is 1. The normalized spacial score (nSPS) is 20.3. The minimum Gasteiger partial charge on any atom is -0.354 e. The lowest BCUT2D eigenvalue weighted by atomic mass is 9.91. The molecule has 2 aromatic heterocycles. The van der Waals surface area contributed by atoms with Gasteiger partial charge < -0.3 is 4.90 Å². The number of anilines is 1. The Hall–Kier alpha value is -3.85. The molecule has 4 heterocycles. The van der Waals surface area contributed by atoms with Gasteiger partial charge in [0.2, 0.25) is 0 Å². The van der Waals surface area contributed by atoms with Gasteiger partial charge in [-0.3, -0.25) is 9.79 Å². The molecule has 6 rings (SSSR count). The summed E-state index contributed by atoms with van der Waals surface area (Å²) in [7, 11) is -3.09. The van der Waals surface area contributed by atoms with Crippen LogP contribution in [0, 0.1) is 6.92 Å². The van der Waals surface area contributed by atoms with E-state index in [9.17, 15) is 13.2 Å². The highest BCUT2D eigenvalue weighted by Gasteiger charge is 2.30. The maximum absolute atomic E-state index is 13.8. The van der Waals surface area contributed by atoms with E-state index in [1.54, 1.807) is 4.52 Å². The van der Waals surface area contributed by atoms with Crippen molar-refractivity contribution in [2.24, 2.45) is 4.99 Å². The summed E-state index contributed by atoms with van der Waals surface area (Å²) in [4.78, 5) is 25.4. The number of nitrogens with zero attached hydrogens (tertiary/aromatic N) is 5. The fourth-order valence-electron chi connectivity index (χ4n) is 5.38. The molecular weight excluding hydrogens is 498 g/mol. The van der Waals surface area contributed by atoms with Gasteiger partial charge in [-0.2, -0.15) is 5.10 Å². The summed E-state index contributed by atoms with van der Waals surface area (Å²) in [5.41, 5.74) is 6.00. The molecule has 1 fully saturated rings. The van der Waals surface area contributed by atoms with Crippen LogP contribution in [0.15, 0.2) is 71.4 Å². The summed E-state index contributed by atoms with van der Waals surface area (Å²) in [5, 5.41) is 4.65. The number of hydrogen-bond acceptors (Lipinski definition) is 7. The van der Waals surface area contributed by atoms with Crippen LogP contribution in [0.1, 0.15) is 45.9 Å². The van der Waals surface area contributed by atoms with Gasteiger partial charge in [0.05, 0.1) is 34.6 Å². The van der Waals surface area contributed by atoms with E-state index >= 15 is 0 Å². The maximum atomic E-state index is 13.8. The van der Waals surface area contributed by atoms with Crippen molar-refractivity contribution in [1.82, 2.24) is 14.6 Å². The molecule has 9 heteroatoms. The first kappa shape index (κ1) is 24.5. The molecule has 0 N–H and O–H groups in total. The Morgan fingerprint density at radius 3 is 2.76 bits per heavy atom. The van der Waals surface area contributed by atoms with Crippen LogP contribution < -0.4 is 4.90 Å². The zero-order chi connectivity index (χ0) is 26.3. The molecule has 0 spiro atoms. The number of carbonyl (C=O) groups is 1. The number of aromatic nitrogens is 3. The Kier molecular flexibility index (Phi) is 6.31. The van der Waals surface area contributed by atoms with Crippen molar-refractivity contribution in [1.29, 1.82) is 0 Å². The predicted molar refractivity (Wildman–Crippen MR) is 150 cm³/mol. The first-order valence-corrected chi connectivity index (χ1v) is 14.7. The molecule has 1 atom stereocenters. The number of aliphatic imine (C=N–C) groups is 1. The van der Waals surface area contributed by atoms with Crippen LogP contribution in [0.4, 0.5) is 11.5 Å². The molecule has 38 heavy (non-hydrogen) atoms. The van der Waals surface area contributed by atoms with Gasteiger partial charge in [0.25, 0.3) is 0 Å². The summed E-state index contributed by atoms with van der Waals surface area (Å²) < 4.78 is 26.1. The summed E-state index contributed by atoms with van der Waals surface area (Å²) in [6.45, 7) is 2.51. The van der Waals surface area contributed by atoms with Crippen LogP contribution >= 0.6 is 0 Å². The topological polar surface area (TPSA) is 97.0 Å². The minimum atomic E-state index is -3.09. The lowest BCUT2D eigenvalue weighted by molar-refractivity contribution is 0.0991. The lowest BCUT2D eigenvalue weighted by Crippen LogP contribution is -2.41. The van der Waals surface area contributed by atoms with Crippen molar-refractivity contribution in [3.63, 3.8) is 0 Å². The number of aryl methyl sites for hydroxylation is 1. The fourth-order valence-corrected chi connectivity index (χ4v) is 6.59. The Morgan fingerprint density at radius 1 is 1.11 bits per heavy atom. The van der Waals surface area contributed by atoms with E-state index in [0.717, 1.165) is 23.2 Å². The third-order valence-corrected chi connectivity index (χ3v) is 9.10. The second kappa shape index (κ2) is 9.79. The van der Waals surface area contributed by atoms with Crippen molar-refractivity contribution in [2.45, 2.75) is 32.1 Å². The van der Waals surface area contributed by atoms with Gasteiger partial charge >= 0.3 is 0 Å². The van der Waals surface area contributed by atoms with Gasteiger partial charge in [-0.25, -0.2) is 17.9 Å². The third kappa shape index (κ3) is 4.62. The van der Waals surface area contributed by atoms with Gasteiger partial charge in [-0.15, -0.1) is 0 Å². The highest BCUT2D eigenvalue weighted by Crippen LogP contribution is 2.34. The van der Waals surface area contributed by atoms with E-state index in [4.69, 9.17) is 4.98 Å². The van der Waals surface area contributed by atoms with E-state index in [-0.39, 0.29) is 29.6 Å². The molecule has 1 saturated heterocycles. The molecule has 0 bridgehead atoms. The third-order valence-electron chi connectivity index (χ3n) is 7.49. The fraction of sp³-hybridized carbons (Fsp3) is 0.310. The smallest absolute Gasteiger partial charge is 0.172 e. The van der Waals surface area contributed by atoms with E-state index in [2.05, 4.69) is 16.2 Å². The van der Waals surface area contributed by atoms with Crippen LogP contribution in [0.2, 0.25) is 0 Å². The number of Topliss-reactive ketones (excluding diaryl/α,β-unsaturated/α-hetero) is 1. The molecule has 2 aliphatic heterocycles. The molecule has 3 aliphatic rings. The zero-order valence-corrected chi connectivity index (χ0v) is 22.1. The van der Waals surface area contributed by atoms with Crippen LogP contribution in [0.3, 0.4) is 0 Å². The quantitative estimate of drug-likeness (QED) is 0.458. The number of carbonyl (C=O) groups excluding carboxylic acids is 1. The second-order valence-corrected chi connectivity index (χ2v) is 12.3.